The molecule has 52 atom stereocenters. The van der Waals surface area contributed by atoms with Gasteiger partial charge >= 0.3 is 23.9 Å². The van der Waals surface area contributed by atoms with Crippen LogP contribution in [0.15, 0.2) is 11.6 Å². The number of carbonyl (C=O) groups is 5. The summed E-state index contributed by atoms with van der Waals surface area (Å²) >= 11 is 0. The normalized spacial score (nSPS) is 48.8. The topological polar surface area (TPSA) is 717 Å². The number of aldehydes is 1. The molecular weight excluding hydrogens is 1860 g/mol. The molecule has 0 spiro atoms. The molecule has 4 saturated carbocycles. The van der Waals surface area contributed by atoms with Crippen LogP contribution in [0.4, 0.5) is 0 Å². The van der Waals surface area contributed by atoms with E-state index in [0.717, 1.165) is 18.3 Å². The molecule has 49 unspecified atom stereocenters. The third-order valence-electron chi connectivity index (χ3n) is 34.1. The van der Waals surface area contributed by atoms with Gasteiger partial charge in [-0.3, -0.25) is 14.4 Å². The third kappa shape index (κ3) is 21.8. The Hall–Kier alpha value is -4.19. The van der Waals surface area contributed by atoms with Crippen molar-refractivity contribution in [1.29, 1.82) is 0 Å². The molecule has 804 valence electrons. The van der Waals surface area contributed by atoms with Gasteiger partial charge in [0.2, 0.25) is 6.29 Å². The number of hydrogen-bond donors (Lipinski definition) is 23. The summed E-state index contributed by atoms with van der Waals surface area (Å²) in [6.45, 7) is 19.4. The highest BCUT2D eigenvalue weighted by molar-refractivity contribution is 5.80. The Morgan fingerprint density at radius 3 is 1.63 bits per heavy atom. The SMILES string of the molecule is CCC(C)C(C)CC(O)CC(=O)OC(CC(O)CC(=O)OC1C(C)OC(OC(=O)C23CCC(C)(C)CC2C2=CCC4C5(C)CCC(OC6OC(C(=O)O)C(O)C(OC7OCC(O)C(O)C7O)C6OC6OC(CO)C(O)C(O)C6O)C(C)(C=O)C5CCC4(C)C2(C)CC3O)C(OC2OC(C)C(OC3OCC(O)C(O[C@H]4OC[C@@](O)(CO)[C@@H]4O)C3O)C(OC3OC(CO)C(O)C(O)C3O)C2O)C1O)C(C)CC. The number of fused-ring (bicyclic) bond motifs is 7. The molecule has 0 aromatic rings. The van der Waals surface area contributed by atoms with Crippen molar-refractivity contribution in [2.24, 2.45) is 68.0 Å². The first kappa shape index (κ1) is 113. The molecule has 46 heteroatoms. The third-order valence-corrected chi connectivity index (χ3v) is 34.1. The zero-order valence-corrected chi connectivity index (χ0v) is 81.2. The first-order chi connectivity index (χ1) is 65.7. The van der Waals surface area contributed by atoms with Crippen LogP contribution in [-0.2, 0) is 109 Å². The predicted octanol–water partition coefficient (Wildman–Crippen LogP) is -5.05. The van der Waals surface area contributed by atoms with E-state index in [0.29, 0.717) is 32.1 Å². The fraction of sp³-hybridized carbons (Fsp3) is 0.926. The number of carbonyl (C=O) groups excluding carboxylic acids is 4. The Balaban J connectivity index is 0.800. The molecule has 0 radical (unpaired) electrons. The number of rotatable bonds is 35. The lowest BCUT2D eigenvalue weighted by molar-refractivity contribution is -0.396. The van der Waals surface area contributed by atoms with Gasteiger partial charge < -0.3 is 208 Å². The highest BCUT2D eigenvalue weighted by Crippen LogP contribution is 2.76. The molecule has 13 aliphatic rings. The molecular formula is C94H152O46. The molecule has 12 fully saturated rings. The summed E-state index contributed by atoms with van der Waals surface area (Å²) in [4.78, 5) is 72.2. The maximum absolute atomic E-state index is 16.6. The lowest BCUT2D eigenvalue weighted by atomic mass is 9.33. The first-order valence-corrected chi connectivity index (χ1v) is 49.2. The first-order valence-electron chi connectivity index (χ1n) is 49.2. The van der Waals surface area contributed by atoms with E-state index in [1.54, 1.807) is 13.8 Å². The zero-order chi connectivity index (χ0) is 103. The summed E-state index contributed by atoms with van der Waals surface area (Å²) in [6, 6.07) is 0. The highest BCUT2D eigenvalue weighted by atomic mass is 16.8. The molecule has 46 nitrogen and oxygen atoms in total. The van der Waals surface area contributed by atoms with Crippen molar-refractivity contribution in [2.75, 3.05) is 39.6 Å². The van der Waals surface area contributed by atoms with E-state index < -0.39 is 366 Å². The predicted molar refractivity (Wildman–Crippen MR) is 467 cm³/mol. The maximum atomic E-state index is 16.6. The van der Waals surface area contributed by atoms with Gasteiger partial charge in [0.25, 0.3) is 0 Å². The number of allylic oxidation sites excluding steroid dienone is 2. The number of hydrogen-bond acceptors (Lipinski definition) is 45. The molecule has 23 N–H and O–H groups in total. The number of carboxylic acid groups (broad SMARTS) is 1. The molecule has 13 rings (SSSR count). The lowest BCUT2D eigenvalue weighted by Crippen LogP contribution is -2.69. The van der Waals surface area contributed by atoms with E-state index in [9.17, 15) is 137 Å². The van der Waals surface area contributed by atoms with Crippen LogP contribution in [0, 0.1) is 68.0 Å². The van der Waals surface area contributed by atoms with E-state index in [4.69, 9.17) is 85.3 Å². The average molecular weight is 2020 g/mol. The van der Waals surface area contributed by atoms with Gasteiger partial charge in [0.05, 0.1) is 94.5 Å². The van der Waals surface area contributed by atoms with Gasteiger partial charge in [-0.1, -0.05) is 101 Å². The van der Waals surface area contributed by atoms with Crippen LogP contribution in [0.25, 0.3) is 0 Å². The van der Waals surface area contributed by atoms with Crippen molar-refractivity contribution in [1.82, 2.24) is 0 Å². The second-order valence-corrected chi connectivity index (χ2v) is 43.5. The summed E-state index contributed by atoms with van der Waals surface area (Å²) in [6.07, 6.45) is -70.6. The lowest BCUT2D eigenvalue weighted by Gasteiger charge is -2.71. The minimum atomic E-state index is -2.35. The molecule has 140 heavy (non-hydrogen) atoms. The van der Waals surface area contributed by atoms with Gasteiger partial charge in [-0.2, -0.15) is 0 Å². The van der Waals surface area contributed by atoms with E-state index in [1.807, 2.05) is 48.5 Å². The number of aliphatic carboxylic acids is 1. The number of carboxylic acids is 1. The minimum absolute atomic E-state index is 0.0230. The van der Waals surface area contributed by atoms with Gasteiger partial charge in [0, 0.05) is 6.42 Å². The number of ether oxygens (including phenoxy) is 18. The molecule has 0 amide bonds. The van der Waals surface area contributed by atoms with Crippen LogP contribution < -0.4 is 0 Å². The standard InChI is InChI=1S/C94H152O46/c1-14-37(3)39(5)24-42(99)26-55(104)128-48(38(4)15-2)25-43(100)27-56(105)132-69-40(6)127-84(75(65(69)114)138-83-68(117)73(136-81-63(112)60(109)58(107)49(30-95)129-81)70(41(7)126-83)133-80-67(116)71(47(102)33-124-80)134-86-77(118)93(122,35-98)36-125-86)140-87(121)94-23-22-88(8,9)28-45(94)44-16-17-52-89(10)20-19-54(90(11,34-97)51(89)18-21-91(52,12)92(44,13)29-53(94)103)131-85-76(139-82-64(113)61(110)59(108)50(31-96)130-82)72(66(115)74(137-85)78(119)120)135-79-62(111)57(106)46(101)32-123-79/h16,34,37-43,45-54,57-77,79-86,95-96,98-103,106-118,122H,14-15,17-33,35-36H2,1-13H3,(H,119,120)/t37?,38?,39?,40?,41?,42?,43?,45?,46?,47?,48?,49?,50?,51?,52?,53?,54?,57?,58?,59?,60?,61?,62?,63?,64?,65?,66?,67?,68?,69?,70?,71?,72?,73?,74?,75?,76?,77-,79?,80?,81?,82?,83?,84?,85?,86-,89?,90?,91?,92?,93+,94?/m1/s1. The van der Waals surface area contributed by atoms with Gasteiger partial charge in [0.1, 0.15) is 158 Å². The monoisotopic (exact) mass is 2020 g/mol. The summed E-state index contributed by atoms with van der Waals surface area (Å²) in [5.74, 6) is -6.56. The molecule has 0 aromatic heterocycles. The van der Waals surface area contributed by atoms with E-state index in [1.165, 1.54) is 13.8 Å². The summed E-state index contributed by atoms with van der Waals surface area (Å²) in [5, 5.41) is 259. The van der Waals surface area contributed by atoms with E-state index >= 15 is 4.79 Å². The van der Waals surface area contributed by atoms with E-state index in [2.05, 4.69) is 19.9 Å². The van der Waals surface area contributed by atoms with E-state index in [-0.39, 0.29) is 75.0 Å². The summed E-state index contributed by atoms with van der Waals surface area (Å²) in [5.41, 5.74) is -7.99. The van der Waals surface area contributed by atoms with Gasteiger partial charge in [0.15, 0.2) is 62.3 Å². The van der Waals surface area contributed by atoms with Crippen LogP contribution in [0.2, 0.25) is 0 Å². The fourth-order valence-corrected chi connectivity index (χ4v) is 24.6. The van der Waals surface area contributed by atoms with Crippen molar-refractivity contribution in [3.8, 4) is 0 Å². The maximum Gasteiger partial charge on any atom is 0.335 e. The zero-order valence-electron chi connectivity index (χ0n) is 81.2. The average Bonchev–Trinajstić information content (AvgIpc) is 0.708. The van der Waals surface area contributed by atoms with Crippen LogP contribution in [0.3, 0.4) is 0 Å². The smallest absolute Gasteiger partial charge is 0.335 e. The van der Waals surface area contributed by atoms with Crippen LogP contribution >= 0.6 is 0 Å². The Bertz CT molecular complexity index is 4150. The van der Waals surface area contributed by atoms with Crippen molar-refractivity contribution < 1.29 is 227 Å². The van der Waals surface area contributed by atoms with Gasteiger partial charge in [-0.15, -0.1) is 0 Å². The molecule has 8 heterocycles. The van der Waals surface area contributed by atoms with Crippen LogP contribution in [0.5, 0.6) is 0 Å². The molecule has 8 saturated heterocycles. The van der Waals surface area contributed by atoms with Crippen molar-refractivity contribution in [2.45, 2.75) is 438 Å². The van der Waals surface area contributed by atoms with Crippen molar-refractivity contribution in [3.63, 3.8) is 0 Å². The van der Waals surface area contributed by atoms with Gasteiger partial charge in [-0.05, 0) is 135 Å². The fourth-order valence-electron chi connectivity index (χ4n) is 24.6. The van der Waals surface area contributed by atoms with Gasteiger partial charge in [-0.25, -0.2) is 4.79 Å². The number of esters is 3. The number of aliphatic hydroxyl groups is 22. The quantitative estimate of drug-likeness (QED) is 0.00928. The Labute approximate surface area is 810 Å². The van der Waals surface area contributed by atoms with Crippen molar-refractivity contribution in [3.05, 3.63) is 11.6 Å². The minimum Gasteiger partial charge on any atom is -0.479 e. The highest BCUT2D eigenvalue weighted by Gasteiger charge is 2.74. The largest absolute Gasteiger partial charge is 0.479 e. The molecule has 5 aliphatic carbocycles. The molecule has 8 aliphatic heterocycles. The second kappa shape index (κ2) is 44.9. The van der Waals surface area contributed by atoms with Crippen LogP contribution in [0.1, 0.15) is 186 Å². The van der Waals surface area contributed by atoms with Crippen LogP contribution in [-0.4, -0.2) is 439 Å². The molecule has 0 aromatic carbocycles. The molecule has 0 bridgehead atoms. The number of aliphatic hydroxyl groups excluding tert-OH is 21. The Morgan fingerprint density at radius 1 is 0.493 bits per heavy atom. The summed E-state index contributed by atoms with van der Waals surface area (Å²) in [7, 11) is 0. The second-order valence-electron chi connectivity index (χ2n) is 43.5. The Morgan fingerprint density at radius 2 is 1.03 bits per heavy atom. The Kier molecular flexibility index (Phi) is 36.2. The summed E-state index contributed by atoms with van der Waals surface area (Å²) < 4.78 is 110. The van der Waals surface area contributed by atoms with Crippen molar-refractivity contribution >= 4 is 30.2 Å².